The summed E-state index contributed by atoms with van der Waals surface area (Å²) >= 11 is 0. The molecule has 0 bridgehead atoms. The average molecular weight is 198 g/mol. The second-order valence-electron chi connectivity index (χ2n) is 3.63. The number of nitrogens with one attached hydrogen (secondary N) is 1. The van der Waals surface area contributed by atoms with Gasteiger partial charge in [-0.2, -0.15) is 0 Å². The third-order valence-electron chi connectivity index (χ3n) is 2.05. The second kappa shape index (κ2) is 3.32. The van der Waals surface area contributed by atoms with E-state index in [2.05, 4.69) is 11.9 Å². The minimum absolute atomic E-state index is 0.295. The second-order valence-corrected chi connectivity index (χ2v) is 3.63. The van der Waals surface area contributed by atoms with Gasteiger partial charge in [0.25, 0.3) is 5.91 Å². The Morgan fingerprint density at radius 1 is 1.57 bits per heavy atom. The number of ether oxygens (including phenoxy) is 1. The van der Waals surface area contributed by atoms with Gasteiger partial charge in [0.2, 0.25) is 0 Å². The zero-order valence-corrected chi connectivity index (χ0v) is 8.53. The fourth-order valence-electron chi connectivity index (χ4n) is 1.30. The molecule has 0 aliphatic carbocycles. The Morgan fingerprint density at radius 2 is 2.14 bits per heavy atom. The maximum Gasteiger partial charge on any atom is 0.328 e. The Balaban J connectivity index is 2.85. The van der Waals surface area contributed by atoms with Crippen molar-refractivity contribution in [2.45, 2.75) is 32.5 Å². The fourth-order valence-corrected chi connectivity index (χ4v) is 1.30. The summed E-state index contributed by atoms with van der Waals surface area (Å²) in [4.78, 5) is 24.1. The van der Waals surface area contributed by atoms with Gasteiger partial charge in [-0.1, -0.05) is 6.58 Å². The van der Waals surface area contributed by atoms with Crippen molar-refractivity contribution in [2.75, 3.05) is 0 Å². The largest absolute Gasteiger partial charge is 0.478 e. The zero-order valence-electron chi connectivity index (χ0n) is 8.53. The van der Waals surface area contributed by atoms with E-state index in [9.17, 15) is 9.59 Å². The first-order valence-electron chi connectivity index (χ1n) is 4.32. The van der Waals surface area contributed by atoms with E-state index in [1.807, 2.05) is 0 Å². The molecule has 1 fully saturated rings. The number of rotatable bonds is 3. The van der Waals surface area contributed by atoms with E-state index in [1.54, 1.807) is 20.8 Å². The minimum atomic E-state index is -0.851. The molecule has 1 rings (SSSR count). The van der Waals surface area contributed by atoms with Crippen molar-refractivity contribution in [2.24, 2.45) is 0 Å². The minimum Gasteiger partial charge on any atom is -0.478 e. The van der Waals surface area contributed by atoms with Gasteiger partial charge in [0.05, 0.1) is 6.26 Å². The third-order valence-corrected chi connectivity index (χ3v) is 2.05. The number of carbonyl (C=O) groups is 2. The lowest BCUT2D eigenvalue weighted by atomic mass is 10.1. The van der Waals surface area contributed by atoms with Gasteiger partial charge >= 0.3 is 6.03 Å². The molecule has 1 aliphatic heterocycles. The Hall–Kier alpha value is -1.52. The van der Waals surface area contributed by atoms with Crippen molar-refractivity contribution < 1.29 is 14.3 Å². The summed E-state index contributed by atoms with van der Waals surface area (Å²) in [7, 11) is 0. The Labute approximate surface area is 82.7 Å². The number of amides is 3. The van der Waals surface area contributed by atoms with E-state index < -0.39 is 17.8 Å². The third kappa shape index (κ3) is 1.57. The highest BCUT2D eigenvalue weighted by molar-refractivity contribution is 6.06. The predicted octanol–water partition coefficient (Wildman–Crippen LogP) is 0.823. The quantitative estimate of drug-likeness (QED) is 0.539. The van der Waals surface area contributed by atoms with Crippen LogP contribution in [0, 0.1) is 0 Å². The highest BCUT2D eigenvalue weighted by atomic mass is 16.5. The summed E-state index contributed by atoms with van der Waals surface area (Å²) < 4.78 is 4.97. The first kappa shape index (κ1) is 10.6. The van der Waals surface area contributed by atoms with Crippen LogP contribution in [0.4, 0.5) is 4.79 Å². The predicted molar refractivity (Wildman–Crippen MR) is 50.2 cm³/mol. The smallest absolute Gasteiger partial charge is 0.328 e. The van der Waals surface area contributed by atoms with Gasteiger partial charge in [0, 0.05) is 0 Å². The Bertz CT molecular complexity index is 286. The molecular formula is C9H14N2O3. The highest BCUT2D eigenvalue weighted by Crippen LogP contribution is 2.19. The molecule has 0 aromatic rings. The molecule has 1 N–H and O–H groups in total. The van der Waals surface area contributed by atoms with Crippen LogP contribution in [0.15, 0.2) is 12.8 Å². The first-order chi connectivity index (χ1) is 6.40. The van der Waals surface area contributed by atoms with Crippen LogP contribution in [0.25, 0.3) is 0 Å². The van der Waals surface area contributed by atoms with E-state index in [0.29, 0.717) is 0 Å². The summed E-state index contributed by atoms with van der Waals surface area (Å²) in [5, 5.41) is 2.56. The van der Waals surface area contributed by atoms with Crippen LogP contribution in [0.2, 0.25) is 0 Å². The summed E-state index contributed by atoms with van der Waals surface area (Å²) in [6.07, 6.45) is 0.582. The molecule has 0 aromatic carbocycles. The lowest BCUT2D eigenvalue weighted by Crippen LogP contribution is -2.42. The van der Waals surface area contributed by atoms with Crippen LogP contribution in [0.1, 0.15) is 20.8 Å². The van der Waals surface area contributed by atoms with Crippen molar-refractivity contribution in [3.63, 3.8) is 0 Å². The number of nitrogens with zero attached hydrogens (tertiary/aromatic N) is 1. The lowest BCUT2D eigenvalue weighted by Gasteiger charge is -2.21. The first-order valence-corrected chi connectivity index (χ1v) is 4.32. The van der Waals surface area contributed by atoms with Crippen molar-refractivity contribution in [3.8, 4) is 0 Å². The van der Waals surface area contributed by atoms with E-state index in [-0.39, 0.29) is 5.91 Å². The molecule has 78 valence electrons. The molecular weight excluding hydrogens is 184 g/mol. The number of urea groups is 1. The Kier molecular flexibility index (Phi) is 2.51. The van der Waals surface area contributed by atoms with Gasteiger partial charge in [-0.05, 0) is 20.8 Å². The van der Waals surface area contributed by atoms with Gasteiger partial charge in [-0.15, -0.1) is 0 Å². The van der Waals surface area contributed by atoms with Crippen LogP contribution >= 0.6 is 0 Å². The fraction of sp³-hybridized carbons (Fsp3) is 0.556. The molecule has 14 heavy (non-hydrogen) atoms. The molecule has 1 saturated heterocycles. The van der Waals surface area contributed by atoms with Crippen LogP contribution in [-0.2, 0) is 9.53 Å². The summed E-state index contributed by atoms with van der Waals surface area (Å²) in [6.45, 7) is 8.27. The number of hydrogen-bond acceptors (Lipinski definition) is 3. The summed E-state index contributed by atoms with van der Waals surface area (Å²) in [6, 6.07) is -0.436. The average Bonchev–Trinajstić information content (AvgIpc) is 2.22. The van der Waals surface area contributed by atoms with Crippen LogP contribution in [0.5, 0.6) is 0 Å². The normalized spacial score (nSPS) is 21.8. The van der Waals surface area contributed by atoms with Crippen LogP contribution in [0.3, 0.4) is 0 Å². The summed E-state index contributed by atoms with van der Waals surface area (Å²) in [5.74, 6) is -0.295. The van der Waals surface area contributed by atoms with Crippen molar-refractivity contribution in [1.82, 2.24) is 10.2 Å². The molecule has 1 aliphatic rings. The maximum atomic E-state index is 11.7. The lowest BCUT2D eigenvalue weighted by molar-refractivity contribution is -0.136. The molecule has 0 saturated carbocycles. The van der Waals surface area contributed by atoms with E-state index in [1.165, 1.54) is 6.26 Å². The van der Waals surface area contributed by atoms with Crippen molar-refractivity contribution in [3.05, 3.63) is 12.8 Å². The van der Waals surface area contributed by atoms with Crippen molar-refractivity contribution in [1.29, 1.82) is 0 Å². The number of carbonyl (C=O) groups excluding carboxylic acids is 2. The molecule has 0 radical (unpaired) electrons. The zero-order chi connectivity index (χ0) is 10.9. The van der Waals surface area contributed by atoms with Gasteiger partial charge in [-0.3, -0.25) is 4.79 Å². The molecule has 1 atom stereocenters. The van der Waals surface area contributed by atoms with E-state index in [4.69, 9.17) is 4.74 Å². The molecule has 0 spiro atoms. The van der Waals surface area contributed by atoms with Gasteiger partial charge in [-0.25, -0.2) is 9.69 Å². The van der Waals surface area contributed by atoms with E-state index in [0.717, 1.165) is 4.90 Å². The Morgan fingerprint density at radius 3 is 2.50 bits per heavy atom. The van der Waals surface area contributed by atoms with Crippen LogP contribution < -0.4 is 5.32 Å². The van der Waals surface area contributed by atoms with Crippen LogP contribution in [-0.4, -0.2) is 28.6 Å². The molecule has 5 heteroatoms. The molecule has 1 heterocycles. The van der Waals surface area contributed by atoms with E-state index >= 15 is 0 Å². The topological polar surface area (TPSA) is 58.6 Å². The molecule has 0 aromatic heterocycles. The summed E-state index contributed by atoms with van der Waals surface area (Å²) in [5.41, 5.74) is -0.851. The van der Waals surface area contributed by atoms with Gasteiger partial charge < -0.3 is 10.1 Å². The number of hydrogen-bond donors (Lipinski definition) is 1. The van der Waals surface area contributed by atoms with Crippen molar-refractivity contribution >= 4 is 11.9 Å². The molecule has 1 unspecified atom stereocenters. The van der Waals surface area contributed by atoms with Gasteiger partial charge in [0.1, 0.15) is 5.54 Å². The SMILES string of the molecule is C=COC(C)N1C(=O)NC(C)(C)C1=O. The monoisotopic (exact) mass is 198 g/mol. The standard InChI is InChI=1S/C9H14N2O3/c1-5-14-6(2)11-7(12)9(3,4)10-8(11)13/h5-6H,1H2,2-4H3,(H,10,13). The highest BCUT2D eigenvalue weighted by Gasteiger charge is 2.46. The van der Waals surface area contributed by atoms with Gasteiger partial charge in [0.15, 0.2) is 6.23 Å². The molecule has 5 nitrogen and oxygen atoms in total. The maximum absolute atomic E-state index is 11.7. The molecule has 3 amide bonds. The number of imide groups is 1.